The fourth-order valence-corrected chi connectivity index (χ4v) is 2.86. The summed E-state index contributed by atoms with van der Waals surface area (Å²) in [6, 6.07) is 9.55. The Hall–Kier alpha value is -0.700. The molecule has 0 aliphatic heterocycles. The van der Waals surface area contributed by atoms with E-state index < -0.39 is 0 Å². The van der Waals surface area contributed by atoms with Gasteiger partial charge in [0.1, 0.15) is 11.2 Å². The molecular formula is C12H5BrCl2O. The third-order valence-corrected chi connectivity index (χ3v) is 4.31. The first-order valence-electron chi connectivity index (χ1n) is 4.63. The minimum atomic E-state index is 0.486. The second kappa shape index (κ2) is 3.66. The minimum Gasteiger partial charge on any atom is -0.456 e. The zero-order chi connectivity index (χ0) is 11.3. The number of hydrogen-bond donors (Lipinski definition) is 0. The van der Waals surface area contributed by atoms with E-state index in [2.05, 4.69) is 15.9 Å². The number of halogens is 3. The van der Waals surface area contributed by atoms with Gasteiger partial charge in [0.2, 0.25) is 0 Å². The molecule has 2 aromatic carbocycles. The molecule has 0 bridgehead atoms. The van der Waals surface area contributed by atoms with E-state index in [1.54, 1.807) is 6.07 Å². The van der Waals surface area contributed by atoms with Gasteiger partial charge >= 0.3 is 0 Å². The fourth-order valence-electron chi connectivity index (χ4n) is 1.79. The van der Waals surface area contributed by atoms with Crippen molar-refractivity contribution < 1.29 is 4.42 Å². The normalized spacial score (nSPS) is 11.4. The average molecular weight is 316 g/mol. The molecular weight excluding hydrogens is 311 g/mol. The Labute approximate surface area is 110 Å². The Morgan fingerprint density at radius 2 is 1.81 bits per heavy atom. The highest BCUT2D eigenvalue weighted by molar-refractivity contribution is 9.10. The average Bonchev–Trinajstić information content (AvgIpc) is 2.64. The van der Waals surface area contributed by atoms with Crippen molar-refractivity contribution in [3.05, 3.63) is 44.8 Å². The third-order valence-electron chi connectivity index (χ3n) is 2.50. The van der Waals surface area contributed by atoms with Crippen molar-refractivity contribution in [3.63, 3.8) is 0 Å². The molecule has 0 amide bonds. The zero-order valence-electron chi connectivity index (χ0n) is 7.93. The van der Waals surface area contributed by atoms with E-state index in [1.807, 2.05) is 24.3 Å². The number of hydrogen-bond acceptors (Lipinski definition) is 1. The van der Waals surface area contributed by atoms with Gasteiger partial charge in [0, 0.05) is 21.3 Å². The van der Waals surface area contributed by atoms with Crippen LogP contribution in [0.15, 0.2) is 39.2 Å². The molecule has 80 valence electrons. The van der Waals surface area contributed by atoms with Crippen molar-refractivity contribution >= 4 is 61.1 Å². The van der Waals surface area contributed by atoms with Crippen molar-refractivity contribution in [2.75, 3.05) is 0 Å². The Morgan fingerprint density at radius 3 is 2.62 bits per heavy atom. The van der Waals surface area contributed by atoms with Gasteiger partial charge in [0.15, 0.2) is 0 Å². The molecule has 0 aliphatic rings. The number of para-hydroxylation sites is 1. The predicted molar refractivity (Wildman–Crippen MR) is 71.4 cm³/mol. The first-order valence-corrected chi connectivity index (χ1v) is 6.18. The summed E-state index contributed by atoms with van der Waals surface area (Å²) >= 11 is 15.5. The maximum absolute atomic E-state index is 6.09. The predicted octanol–water partition coefficient (Wildman–Crippen LogP) is 5.66. The first kappa shape index (κ1) is 10.5. The van der Waals surface area contributed by atoms with Crippen LogP contribution < -0.4 is 0 Å². The van der Waals surface area contributed by atoms with Crippen LogP contribution >= 0.6 is 39.1 Å². The van der Waals surface area contributed by atoms with E-state index in [9.17, 15) is 0 Å². The SMILES string of the molecule is Clc1cc2oc3ccccc3c2c(Br)c1Cl. The fraction of sp³-hybridized carbons (Fsp3) is 0. The van der Waals surface area contributed by atoms with E-state index >= 15 is 0 Å². The van der Waals surface area contributed by atoms with Crippen LogP contribution in [0.5, 0.6) is 0 Å². The summed E-state index contributed by atoms with van der Waals surface area (Å²) in [5.41, 5.74) is 1.57. The van der Waals surface area contributed by atoms with Crippen molar-refractivity contribution in [3.8, 4) is 0 Å². The van der Waals surface area contributed by atoms with Crippen LogP contribution in [0.3, 0.4) is 0 Å². The smallest absolute Gasteiger partial charge is 0.138 e. The van der Waals surface area contributed by atoms with Gasteiger partial charge in [-0.15, -0.1) is 0 Å². The summed E-state index contributed by atoms with van der Waals surface area (Å²) in [4.78, 5) is 0. The Morgan fingerprint density at radius 1 is 1.06 bits per heavy atom. The summed E-state index contributed by atoms with van der Waals surface area (Å²) in [5.74, 6) is 0. The van der Waals surface area contributed by atoms with E-state index in [0.717, 1.165) is 26.4 Å². The molecule has 3 rings (SSSR count). The van der Waals surface area contributed by atoms with Gasteiger partial charge in [0.05, 0.1) is 10.0 Å². The van der Waals surface area contributed by atoms with Crippen molar-refractivity contribution in [1.29, 1.82) is 0 Å². The van der Waals surface area contributed by atoms with Crippen molar-refractivity contribution in [1.82, 2.24) is 0 Å². The standard InChI is InChI=1S/C12H5BrCl2O/c13-11-10-6-3-1-2-4-8(6)16-9(10)5-7(14)12(11)15/h1-5H. The minimum absolute atomic E-state index is 0.486. The van der Waals surface area contributed by atoms with Gasteiger partial charge in [-0.3, -0.25) is 0 Å². The summed E-state index contributed by atoms with van der Waals surface area (Å²) in [6.45, 7) is 0. The lowest BCUT2D eigenvalue weighted by Gasteiger charge is -1.99. The van der Waals surface area contributed by atoms with E-state index in [4.69, 9.17) is 27.6 Å². The van der Waals surface area contributed by atoms with E-state index in [0.29, 0.717) is 10.0 Å². The summed E-state index contributed by atoms with van der Waals surface area (Å²) in [7, 11) is 0. The van der Waals surface area contributed by atoms with Gasteiger partial charge in [-0.1, -0.05) is 41.4 Å². The second-order valence-corrected chi connectivity index (χ2v) is 5.04. The molecule has 0 fully saturated rings. The maximum Gasteiger partial charge on any atom is 0.138 e. The molecule has 0 spiro atoms. The van der Waals surface area contributed by atoms with Crippen molar-refractivity contribution in [2.24, 2.45) is 0 Å². The molecule has 0 saturated carbocycles. The van der Waals surface area contributed by atoms with Gasteiger partial charge in [-0.2, -0.15) is 0 Å². The first-order chi connectivity index (χ1) is 7.68. The van der Waals surface area contributed by atoms with Crippen LogP contribution in [0, 0.1) is 0 Å². The van der Waals surface area contributed by atoms with Crippen LogP contribution in [0.1, 0.15) is 0 Å². The quantitative estimate of drug-likeness (QED) is 0.488. The third kappa shape index (κ3) is 1.37. The Bertz CT molecular complexity index is 703. The highest BCUT2D eigenvalue weighted by Gasteiger charge is 2.14. The molecule has 16 heavy (non-hydrogen) atoms. The monoisotopic (exact) mass is 314 g/mol. The molecule has 1 nitrogen and oxygen atoms in total. The maximum atomic E-state index is 6.09. The number of benzene rings is 2. The molecule has 0 saturated heterocycles. The Balaban J connectivity index is 2.62. The van der Waals surface area contributed by atoms with Crippen LogP contribution in [-0.2, 0) is 0 Å². The molecule has 4 heteroatoms. The Kier molecular flexibility index (Phi) is 2.39. The number of fused-ring (bicyclic) bond motifs is 3. The lowest BCUT2D eigenvalue weighted by Crippen LogP contribution is -1.74. The van der Waals surface area contributed by atoms with Crippen LogP contribution in [0.4, 0.5) is 0 Å². The summed E-state index contributed by atoms with van der Waals surface area (Å²) < 4.78 is 6.48. The van der Waals surface area contributed by atoms with E-state index in [-0.39, 0.29) is 0 Å². The number of furan rings is 1. The number of rotatable bonds is 0. The molecule has 0 radical (unpaired) electrons. The molecule has 3 aromatic rings. The van der Waals surface area contributed by atoms with Crippen LogP contribution in [0.2, 0.25) is 10.0 Å². The lowest BCUT2D eigenvalue weighted by atomic mass is 10.1. The summed E-state index contributed by atoms with van der Waals surface area (Å²) in [6.07, 6.45) is 0. The van der Waals surface area contributed by atoms with Gasteiger partial charge < -0.3 is 4.42 Å². The molecule has 0 atom stereocenters. The highest BCUT2D eigenvalue weighted by Crippen LogP contribution is 2.41. The second-order valence-electron chi connectivity index (χ2n) is 3.46. The lowest BCUT2D eigenvalue weighted by molar-refractivity contribution is 0.669. The molecule has 0 unspecified atom stereocenters. The zero-order valence-corrected chi connectivity index (χ0v) is 11.0. The summed E-state index contributed by atoms with van der Waals surface area (Å²) in [5, 5.41) is 2.99. The topological polar surface area (TPSA) is 13.1 Å². The highest BCUT2D eigenvalue weighted by atomic mass is 79.9. The van der Waals surface area contributed by atoms with Gasteiger partial charge in [-0.05, 0) is 22.0 Å². The van der Waals surface area contributed by atoms with E-state index in [1.165, 1.54) is 0 Å². The largest absolute Gasteiger partial charge is 0.456 e. The van der Waals surface area contributed by atoms with Crippen LogP contribution in [0.25, 0.3) is 21.9 Å². The van der Waals surface area contributed by atoms with Crippen LogP contribution in [-0.4, -0.2) is 0 Å². The van der Waals surface area contributed by atoms with Gasteiger partial charge in [0.25, 0.3) is 0 Å². The molecule has 1 heterocycles. The van der Waals surface area contributed by atoms with Crippen molar-refractivity contribution in [2.45, 2.75) is 0 Å². The molecule has 0 N–H and O–H groups in total. The van der Waals surface area contributed by atoms with Gasteiger partial charge in [-0.25, -0.2) is 0 Å². The molecule has 1 aromatic heterocycles. The molecule has 0 aliphatic carbocycles.